The zero-order chi connectivity index (χ0) is 17.7. The molecule has 1 heterocycles. The van der Waals surface area contributed by atoms with Crippen LogP contribution in [0.1, 0.15) is 65.7 Å². The van der Waals surface area contributed by atoms with Crippen molar-refractivity contribution in [3.05, 3.63) is 0 Å². The minimum Gasteiger partial charge on any atom is -0.450 e. The van der Waals surface area contributed by atoms with Gasteiger partial charge in [0.1, 0.15) is 6.04 Å². The van der Waals surface area contributed by atoms with Gasteiger partial charge in [-0.1, -0.05) is 33.6 Å². The number of carbonyl (C=O) groups is 3. The standard InChI is InChI=1S/C18H30N2O4/c1-11(2)16(17(22)20-13-8-5-4-7-12(13)3)24-18(23)14-9-6-10-15(21)19-14/h11-14,16H,4-10H2,1-3H3,(H,19,21)(H,20,22)/t12?,13?,14-,16?/m1/s1. The molecule has 0 aromatic carbocycles. The van der Waals surface area contributed by atoms with Crippen molar-refractivity contribution in [2.24, 2.45) is 11.8 Å². The maximum absolute atomic E-state index is 12.6. The maximum atomic E-state index is 12.6. The van der Waals surface area contributed by atoms with Crippen LogP contribution >= 0.6 is 0 Å². The number of ether oxygens (including phenoxy) is 1. The summed E-state index contributed by atoms with van der Waals surface area (Å²) in [5, 5.41) is 5.71. The van der Waals surface area contributed by atoms with Crippen LogP contribution in [0.25, 0.3) is 0 Å². The quantitative estimate of drug-likeness (QED) is 0.750. The molecule has 3 unspecified atom stereocenters. The molecule has 136 valence electrons. The lowest BCUT2D eigenvalue weighted by atomic mass is 9.85. The molecule has 0 aromatic rings. The highest BCUT2D eigenvalue weighted by Crippen LogP contribution is 2.24. The van der Waals surface area contributed by atoms with E-state index in [-0.39, 0.29) is 23.8 Å². The van der Waals surface area contributed by atoms with Crippen LogP contribution in [-0.4, -0.2) is 36.0 Å². The van der Waals surface area contributed by atoms with Gasteiger partial charge in [0.25, 0.3) is 5.91 Å². The molecule has 0 spiro atoms. The van der Waals surface area contributed by atoms with Crippen LogP contribution in [-0.2, 0) is 19.1 Å². The van der Waals surface area contributed by atoms with Crippen molar-refractivity contribution in [2.75, 3.05) is 0 Å². The Morgan fingerprint density at radius 2 is 1.88 bits per heavy atom. The van der Waals surface area contributed by atoms with Gasteiger partial charge in [0.05, 0.1) is 0 Å². The summed E-state index contributed by atoms with van der Waals surface area (Å²) in [6, 6.07) is -0.477. The zero-order valence-corrected chi connectivity index (χ0v) is 15.0. The van der Waals surface area contributed by atoms with Crippen molar-refractivity contribution in [1.82, 2.24) is 10.6 Å². The fourth-order valence-electron chi connectivity index (χ4n) is 3.48. The SMILES string of the molecule is CC(C)C(OC(=O)[C@H]1CCCC(=O)N1)C(=O)NC1CCCCC1C. The molecule has 2 rings (SSSR count). The van der Waals surface area contributed by atoms with Gasteiger partial charge < -0.3 is 15.4 Å². The molecule has 4 atom stereocenters. The number of nitrogens with one attached hydrogen (secondary N) is 2. The Kier molecular flexibility index (Phi) is 6.63. The average Bonchev–Trinajstić information content (AvgIpc) is 2.54. The van der Waals surface area contributed by atoms with Crippen LogP contribution < -0.4 is 10.6 Å². The molecule has 24 heavy (non-hydrogen) atoms. The molecule has 1 saturated heterocycles. The van der Waals surface area contributed by atoms with Crippen molar-refractivity contribution in [2.45, 2.75) is 83.9 Å². The van der Waals surface area contributed by atoms with Crippen LogP contribution in [0.2, 0.25) is 0 Å². The van der Waals surface area contributed by atoms with Crippen molar-refractivity contribution in [1.29, 1.82) is 0 Å². The molecule has 2 N–H and O–H groups in total. The van der Waals surface area contributed by atoms with E-state index in [2.05, 4.69) is 17.6 Å². The fraction of sp³-hybridized carbons (Fsp3) is 0.833. The number of esters is 1. The Morgan fingerprint density at radius 1 is 1.17 bits per heavy atom. The second-order valence-electron chi connectivity index (χ2n) is 7.49. The third-order valence-electron chi connectivity index (χ3n) is 5.06. The van der Waals surface area contributed by atoms with Gasteiger partial charge in [-0.3, -0.25) is 9.59 Å². The summed E-state index contributed by atoms with van der Waals surface area (Å²) in [6.07, 6.45) is 5.28. The molecule has 0 bridgehead atoms. The Hall–Kier alpha value is -1.59. The summed E-state index contributed by atoms with van der Waals surface area (Å²) in [4.78, 5) is 36.3. The van der Waals surface area contributed by atoms with Gasteiger partial charge in [0, 0.05) is 12.5 Å². The van der Waals surface area contributed by atoms with Gasteiger partial charge in [-0.15, -0.1) is 0 Å². The lowest BCUT2D eigenvalue weighted by Crippen LogP contribution is -2.51. The number of hydrogen-bond donors (Lipinski definition) is 2. The zero-order valence-electron chi connectivity index (χ0n) is 15.0. The minimum atomic E-state index is -0.814. The van der Waals surface area contributed by atoms with E-state index in [0.717, 1.165) is 19.3 Å². The van der Waals surface area contributed by atoms with Crippen LogP contribution in [0.4, 0.5) is 0 Å². The van der Waals surface area contributed by atoms with Crippen LogP contribution in [0.5, 0.6) is 0 Å². The first-order valence-corrected chi connectivity index (χ1v) is 9.18. The van der Waals surface area contributed by atoms with E-state index >= 15 is 0 Å². The summed E-state index contributed by atoms with van der Waals surface area (Å²) in [7, 11) is 0. The van der Waals surface area contributed by atoms with Crippen molar-refractivity contribution >= 4 is 17.8 Å². The largest absolute Gasteiger partial charge is 0.450 e. The first kappa shape index (κ1) is 18.7. The third-order valence-corrected chi connectivity index (χ3v) is 5.06. The van der Waals surface area contributed by atoms with E-state index in [0.29, 0.717) is 25.2 Å². The number of amides is 2. The molecule has 2 fully saturated rings. The Balaban J connectivity index is 1.93. The molecule has 1 saturated carbocycles. The summed E-state index contributed by atoms with van der Waals surface area (Å²) in [5.74, 6) is -0.534. The molecule has 0 radical (unpaired) electrons. The Morgan fingerprint density at radius 3 is 2.50 bits per heavy atom. The Labute approximate surface area is 144 Å². The second-order valence-corrected chi connectivity index (χ2v) is 7.49. The molecule has 2 amide bonds. The van der Waals surface area contributed by atoms with E-state index in [1.165, 1.54) is 6.42 Å². The summed E-state index contributed by atoms with van der Waals surface area (Å²) in [6.45, 7) is 5.88. The number of piperidine rings is 1. The van der Waals surface area contributed by atoms with Crippen LogP contribution in [0.15, 0.2) is 0 Å². The minimum absolute atomic E-state index is 0.118. The normalized spacial score (nSPS) is 28.8. The molecule has 6 heteroatoms. The molecular weight excluding hydrogens is 308 g/mol. The monoisotopic (exact) mass is 338 g/mol. The predicted octanol–water partition coefficient (Wildman–Crippen LogP) is 1.92. The highest BCUT2D eigenvalue weighted by Gasteiger charge is 2.34. The van der Waals surface area contributed by atoms with Crippen molar-refractivity contribution in [3.63, 3.8) is 0 Å². The number of carbonyl (C=O) groups excluding carboxylic acids is 3. The van der Waals surface area contributed by atoms with E-state index in [1.807, 2.05) is 13.8 Å². The summed E-state index contributed by atoms with van der Waals surface area (Å²) in [5.41, 5.74) is 0. The second kappa shape index (κ2) is 8.49. The molecule has 0 aromatic heterocycles. The van der Waals surface area contributed by atoms with Crippen LogP contribution in [0.3, 0.4) is 0 Å². The summed E-state index contributed by atoms with van der Waals surface area (Å²) < 4.78 is 5.47. The van der Waals surface area contributed by atoms with E-state index in [1.54, 1.807) is 0 Å². The lowest BCUT2D eigenvalue weighted by molar-refractivity contribution is -0.162. The highest BCUT2D eigenvalue weighted by atomic mass is 16.5. The van der Waals surface area contributed by atoms with Gasteiger partial charge in [0.15, 0.2) is 6.10 Å². The number of hydrogen-bond acceptors (Lipinski definition) is 4. The molecule has 6 nitrogen and oxygen atoms in total. The van der Waals surface area contributed by atoms with E-state index in [4.69, 9.17) is 4.74 Å². The first-order valence-electron chi connectivity index (χ1n) is 9.18. The van der Waals surface area contributed by atoms with Gasteiger partial charge in [-0.25, -0.2) is 4.79 Å². The summed E-state index contributed by atoms with van der Waals surface area (Å²) >= 11 is 0. The lowest BCUT2D eigenvalue weighted by Gasteiger charge is -2.32. The van der Waals surface area contributed by atoms with Gasteiger partial charge in [0.2, 0.25) is 5.91 Å². The van der Waals surface area contributed by atoms with Crippen molar-refractivity contribution in [3.8, 4) is 0 Å². The first-order chi connectivity index (χ1) is 11.4. The fourth-order valence-corrected chi connectivity index (χ4v) is 3.48. The van der Waals surface area contributed by atoms with Crippen LogP contribution in [0, 0.1) is 11.8 Å². The molecule has 2 aliphatic rings. The molecule has 1 aliphatic heterocycles. The molecular formula is C18H30N2O4. The van der Waals surface area contributed by atoms with Gasteiger partial charge in [-0.05, 0) is 37.5 Å². The topological polar surface area (TPSA) is 84.5 Å². The van der Waals surface area contributed by atoms with Gasteiger partial charge >= 0.3 is 5.97 Å². The van der Waals surface area contributed by atoms with E-state index in [9.17, 15) is 14.4 Å². The molecule has 1 aliphatic carbocycles. The Bertz CT molecular complexity index is 478. The average molecular weight is 338 g/mol. The van der Waals surface area contributed by atoms with Gasteiger partial charge in [-0.2, -0.15) is 0 Å². The predicted molar refractivity (Wildman–Crippen MR) is 90.1 cm³/mol. The smallest absolute Gasteiger partial charge is 0.329 e. The highest BCUT2D eigenvalue weighted by molar-refractivity contribution is 5.88. The van der Waals surface area contributed by atoms with Crippen molar-refractivity contribution < 1.29 is 19.1 Å². The number of rotatable bonds is 5. The third kappa shape index (κ3) is 4.95. The maximum Gasteiger partial charge on any atom is 0.329 e. The van der Waals surface area contributed by atoms with E-state index < -0.39 is 18.1 Å².